The highest BCUT2D eigenvalue weighted by molar-refractivity contribution is 5.63. The zero-order chi connectivity index (χ0) is 8.97. The minimum atomic E-state index is 0.148. The summed E-state index contributed by atoms with van der Waals surface area (Å²) in [5.74, 6) is 0.148. The molecule has 0 amide bonds. The Hall–Kier alpha value is -2.27. The van der Waals surface area contributed by atoms with Gasteiger partial charge in [0.25, 0.3) is 0 Å². The number of hydrogen-bond donors (Lipinski definition) is 2. The first kappa shape index (κ1) is 7.83. The number of nitrogens with two attached hydrogens (primary N) is 1. The highest BCUT2D eigenvalue weighted by atomic mass is 15.2. The first-order valence-electron chi connectivity index (χ1n) is 3.09. The molecule has 0 aromatic carbocycles. The van der Waals surface area contributed by atoms with Crippen LogP contribution in [0.15, 0.2) is 6.08 Å². The zero-order valence-electron chi connectivity index (χ0n) is 6.07. The van der Waals surface area contributed by atoms with Crippen molar-refractivity contribution in [1.82, 2.24) is 10.2 Å². The van der Waals surface area contributed by atoms with Gasteiger partial charge < -0.3 is 5.73 Å². The largest absolute Gasteiger partial charge is 0.381 e. The average Bonchev–Trinajstić information content (AvgIpc) is 2.43. The minimum absolute atomic E-state index is 0.148. The van der Waals surface area contributed by atoms with Gasteiger partial charge in [0.1, 0.15) is 11.6 Å². The average molecular weight is 159 g/mol. The topological polar surface area (TPSA) is 102 Å². The Balaban J connectivity index is 3.12. The van der Waals surface area contributed by atoms with Gasteiger partial charge in [0.15, 0.2) is 5.82 Å². The number of nitrogen functional groups attached to an aromatic ring is 1. The summed E-state index contributed by atoms with van der Waals surface area (Å²) in [6, 6.07) is 3.67. The predicted molar refractivity (Wildman–Crippen MR) is 42.4 cm³/mol. The molecule has 3 N–H and O–H groups in total. The van der Waals surface area contributed by atoms with E-state index >= 15 is 0 Å². The fraction of sp³-hybridized carbons (Fsp3) is 0. The van der Waals surface area contributed by atoms with E-state index in [0.29, 0.717) is 5.69 Å². The van der Waals surface area contributed by atoms with E-state index < -0.39 is 0 Å². The molecule has 1 aromatic heterocycles. The van der Waals surface area contributed by atoms with E-state index in [-0.39, 0.29) is 11.4 Å². The van der Waals surface area contributed by atoms with Crippen molar-refractivity contribution in [3.63, 3.8) is 0 Å². The lowest BCUT2D eigenvalue weighted by molar-refractivity contribution is 1.09. The maximum Gasteiger partial charge on any atom is 0.163 e. The van der Waals surface area contributed by atoms with Crippen LogP contribution in [-0.4, -0.2) is 10.2 Å². The summed E-state index contributed by atoms with van der Waals surface area (Å²) < 4.78 is 0. The lowest BCUT2D eigenvalue weighted by atomic mass is 10.2. The number of hydrogen-bond acceptors (Lipinski definition) is 4. The van der Waals surface area contributed by atoms with Gasteiger partial charge >= 0.3 is 0 Å². The molecule has 0 radical (unpaired) electrons. The molecule has 58 valence electrons. The fourth-order valence-electron chi connectivity index (χ4n) is 0.729. The van der Waals surface area contributed by atoms with Crippen LogP contribution in [-0.2, 0) is 0 Å². The molecule has 0 saturated heterocycles. The number of H-pyrrole nitrogens is 1. The Labute approximate surface area is 68.7 Å². The molecule has 0 aliphatic rings. The number of allylic oxidation sites excluding steroid dienone is 1. The second-order valence-electron chi connectivity index (χ2n) is 1.97. The van der Waals surface area contributed by atoms with Crippen LogP contribution in [0.5, 0.6) is 0 Å². The molecule has 5 heteroatoms. The summed E-state index contributed by atoms with van der Waals surface area (Å²) in [6.45, 7) is 0. The Morgan fingerprint density at radius 2 is 2.25 bits per heavy atom. The van der Waals surface area contributed by atoms with Crippen molar-refractivity contribution in [1.29, 1.82) is 10.5 Å². The number of nitrogens with zero attached hydrogens (tertiary/aromatic N) is 3. The van der Waals surface area contributed by atoms with Gasteiger partial charge in [-0.1, -0.05) is 0 Å². The second-order valence-corrected chi connectivity index (χ2v) is 1.97. The molecule has 12 heavy (non-hydrogen) atoms. The number of nitriles is 2. The van der Waals surface area contributed by atoms with Gasteiger partial charge in [0, 0.05) is 6.08 Å². The summed E-state index contributed by atoms with van der Waals surface area (Å²) in [4.78, 5) is 0. The molecule has 0 spiro atoms. The molecule has 0 aliphatic heterocycles. The van der Waals surface area contributed by atoms with E-state index in [1.807, 2.05) is 6.07 Å². The highest BCUT2D eigenvalue weighted by Gasteiger charge is 2.05. The van der Waals surface area contributed by atoms with Crippen molar-refractivity contribution in [2.75, 3.05) is 5.73 Å². The van der Waals surface area contributed by atoms with Crippen LogP contribution in [0.4, 0.5) is 5.82 Å². The van der Waals surface area contributed by atoms with E-state index in [9.17, 15) is 0 Å². The van der Waals surface area contributed by atoms with E-state index in [2.05, 4.69) is 10.2 Å². The summed E-state index contributed by atoms with van der Waals surface area (Å²) in [6.07, 6.45) is 2.69. The minimum Gasteiger partial charge on any atom is -0.381 e. The Kier molecular flexibility index (Phi) is 2.10. The smallest absolute Gasteiger partial charge is 0.163 e. The summed E-state index contributed by atoms with van der Waals surface area (Å²) >= 11 is 0. The molecule has 0 atom stereocenters. The van der Waals surface area contributed by atoms with Gasteiger partial charge in [0.2, 0.25) is 0 Å². The van der Waals surface area contributed by atoms with Crippen molar-refractivity contribution in [2.45, 2.75) is 0 Å². The number of rotatable bonds is 1. The van der Waals surface area contributed by atoms with Gasteiger partial charge in [-0.15, -0.1) is 0 Å². The van der Waals surface area contributed by atoms with Crippen molar-refractivity contribution < 1.29 is 0 Å². The normalized spacial score (nSPS) is 9.50. The van der Waals surface area contributed by atoms with Crippen LogP contribution < -0.4 is 5.73 Å². The van der Waals surface area contributed by atoms with Crippen molar-refractivity contribution in [3.8, 4) is 12.1 Å². The number of aromatic amines is 1. The Morgan fingerprint density at radius 3 is 2.83 bits per heavy atom. The summed E-state index contributed by atoms with van der Waals surface area (Å²) in [5.41, 5.74) is 6.06. The lowest BCUT2D eigenvalue weighted by Crippen LogP contribution is -1.87. The van der Waals surface area contributed by atoms with Crippen LogP contribution in [0.1, 0.15) is 11.3 Å². The quantitative estimate of drug-likeness (QED) is 0.579. The molecule has 1 heterocycles. The van der Waals surface area contributed by atoms with E-state index in [4.69, 9.17) is 16.3 Å². The molecule has 1 aromatic rings. The van der Waals surface area contributed by atoms with Crippen LogP contribution in [0.3, 0.4) is 0 Å². The van der Waals surface area contributed by atoms with Gasteiger partial charge in [-0.25, -0.2) is 0 Å². The third kappa shape index (κ3) is 1.25. The van der Waals surface area contributed by atoms with E-state index in [1.165, 1.54) is 12.2 Å². The van der Waals surface area contributed by atoms with E-state index in [0.717, 1.165) is 0 Å². The molecule has 5 nitrogen and oxygen atoms in total. The summed E-state index contributed by atoms with van der Waals surface area (Å²) in [5, 5.41) is 22.9. The SMILES string of the molecule is N#CC=Cc1[nH]nc(N)c1C#N. The second kappa shape index (κ2) is 3.22. The molecular formula is C7H5N5. The van der Waals surface area contributed by atoms with Gasteiger partial charge in [-0.3, -0.25) is 5.10 Å². The molecule has 0 bridgehead atoms. The molecule has 1 rings (SSSR count). The molecule has 0 aliphatic carbocycles. The standard InChI is InChI=1S/C7H5N5/c8-3-1-2-6-5(4-9)7(10)12-11-6/h1-2H,(H3,10,11,12). The molecule has 0 fully saturated rings. The summed E-state index contributed by atoms with van der Waals surface area (Å²) in [7, 11) is 0. The van der Waals surface area contributed by atoms with Crippen LogP contribution in [0.2, 0.25) is 0 Å². The lowest BCUT2D eigenvalue weighted by Gasteiger charge is -1.83. The van der Waals surface area contributed by atoms with Crippen LogP contribution in [0, 0.1) is 22.7 Å². The predicted octanol–water partition coefficient (Wildman–Crippen LogP) is 0.400. The van der Waals surface area contributed by atoms with Crippen molar-refractivity contribution in [2.24, 2.45) is 0 Å². The van der Waals surface area contributed by atoms with Crippen molar-refractivity contribution in [3.05, 3.63) is 17.3 Å². The maximum absolute atomic E-state index is 8.58. The first-order valence-corrected chi connectivity index (χ1v) is 3.09. The molecule has 0 unspecified atom stereocenters. The Bertz CT molecular complexity index is 387. The maximum atomic E-state index is 8.58. The van der Waals surface area contributed by atoms with Gasteiger partial charge in [-0.2, -0.15) is 15.6 Å². The third-order valence-electron chi connectivity index (χ3n) is 1.26. The zero-order valence-corrected chi connectivity index (χ0v) is 6.07. The number of nitrogens with one attached hydrogen (secondary N) is 1. The number of anilines is 1. The van der Waals surface area contributed by atoms with Crippen LogP contribution in [0.25, 0.3) is 6.08 Å². The molecular weight excluding hydrogens is 154 g/mol. The third-order valence-corrected chi connectivity index (χ3v) is 1.26. The first-order chi connectivity index (χ1) is 5.79. The van der Waals surface area contributed by atoms with Crippen molar-refractivity contribution >= 4 is 11.9 Å². The van der Waals surface area contributed by atoms with Gasteiger partial charge in [0.05, 0.1) is 11.8 Å². The fourth-order valence-corrected chi connectivity index (χ4v) is 0.729. The number of aromatic nitrogens is 2. The van der Waals surface area contributed by atoms with Gasteiger partial charge in [-0.05, 0) is 6.08 Å². The van der Waals surface area contributed by atoms with E-state index in [1.54, 1.807) is 6.07 Å². The van der Waals surface area contributed by atoms with Crippen LogP contribution >= 0.6 is 0 Å². The highest BCUT2D eigenvalue weighted by Crippen LogP contribution is 2.12. The molecule has 0 saturated carbocycles. The monoisotopic (exact) mass is 159 g/mol. The Morgan fingerprint density at radius 1 is 1.50 bits per heavy atom.